The van der Waals surface area contributed by atoms with Gasteiger partial charge < -0.3 is 10.5 Å². The van der Waals surface area contributed by atoms with E-state index in [-0.39, 0.29) is 22.9 Å². The molecule has 0 aliphatic carbocycles. The summed E-state index contributed by atoms with van der Waals surface area (Å²) in [7, 11) is -1.97. The Kier molecular flexibility index (Phi) is 3.84. The van der Waals surface area contributed by atoms with Crippen molar-refractivity contribution in [3.63, 3.8) is 0 Å². The molecule has 1 aliphatic rings. The molecule has 1 aliphatic heterocycles. The Morgan fingerprint density at radius 1 is 1.58 bits per heavy atom. The Morgan fingerprint density at radius 3 is 2.79 bits per heavy atom. The Hall–Kier alpha value is -1.12. The number of aromatic nitrogens is 2. The SMILES string of the molecule is CCC1COC(C)CN1S(=O)(=O)c1cn(C)nc1N. The van der Waals surface area contributed by atoms with Crippen molar-refractivity contribution < 1.29 is 13.2 Å². The third-order valence-electron chi connectivity index (χ3n) is 3.30. The van der Waals surface area contributed by atoms with Crippen molar-refractivity contribution in [3.8, 4) is 0 Å². The number of hydrogen-bond donors (Lipinski definition) is 1. The van der Waals surface area contributed by atoms with E-state index < -0.39 is 10.0 Å². The monoisotopic (exact) mass is 288 g/mol. The number of morpholine rings is 1. The summed E-state index contributed by atoms with van der Waals surface area (Å²) in [5.74, 6) is 0.0384. The van der Waals surface area contributed by atoms with Crippen molar-refractivity contribution in [3.05, 3.63) is 6.20 Å². The molecular formula is C11H20N4O3S. The number of nitrogens with two attached hydrogens (primary N) is 1. The van der Waals surface area contributed by atoms with E-state index in [4.69, 9.17) is 10.5 Å². The summed E-state index contributed by atoms with van der Waals surface area (Å²) in [4.78, 5) is 0.0718. The molecule has 2 heterocycles. The molecule has 108 valence electrons. The van der Waals surface area contributed by atoms with E-state index in [0.29, 0.717) is 19.6 Å². The first-order valence-electron chi connectivity index (χ1n) is 6.28. The molecule has 0 radical (unpaired) electrons. The van der Waals surface area contributed by atoms with E-state index in [1.54, 1.807) is 7.05 Å². The third kappa shape index (κ3) is 2.60. The minimum atomic E-state index is -3.62. The molecule has 0 spiro atoms. The maximum absolute atomic E-state index is 12.7. The fraction of sp³-hybridized carbons (Fsp3) is 0.727. The Balaban J connectivity index is 2.39. The van der Waals surface area contributed by atoms with Crippen LogP contribution in [0.1, 0.15) is 20.3 Å². The van der Waals surface area contributed by atoms with Crippen molar-refractivity contribution in [1.29, 1.82) is 0 Å². The molecule has 2 atom stereocenters. The van der Waals surface area contributed by atoms with Gasteiger partial charge in [0.2, 0.25) is 10.0 Å². The molecule has 8 heteroatoms. The predicted octanol–water partition coefficient (Wildman–Crippen LogP) is 0.190. The van der Waals surface area contributed by atoms with Gasteiger partial charge >= 0.3 is 0 Å². The topological polar surface area (TPSA) is 90.5 Å². The number of nitrogen functional groups attached to an aromatic ring is 1. The molecule has 1 aromatic rings. The van der Waals surface area contributed by atoms with Gasteiger partial charge in [0.1, 0.15) is 4.90 Å². The van der Waals surface area contributed by atoms with Crippen molar-refractivity contribution in [2.24, 2.45) is 7.05 Å². The number of anilines is 1. The first kappa shape index (κ1) is 14.3. The fourth-order valence-corrected chi connectivity index (χ4v) is 4.09. The molecule has 2 rings (SSSR count). The average Bonchev–Trinajstić information content (AvgIpc) is 2.69. The largest absolute Gasteiger partial charge is 0.381 e. The fourth-order valence-electron chi connectivity index (χ4n) is 2.24. The van der Waals surface area contributed by atoms with Crippen LogP contribution in [0.3, 0.4) is 0 Å². The number of hydrogen-bond acceptors (Lipinski definition) is 5. The second kappa shape index (κ2) is 5.10. The lowest BCUT2D eigenvalue weighted by atomic mass is 10.2. The highest BCUT2D eigenvalue weighted by Gasteiger charge is 2.37. The average molecular weight is 288 g/mol. The lowest BCUT2D eigenvalue weighted by Crippen LogP contribution is -2.51. The molecule has 1 aromatic heterocycles. The number of nitrogens with zero attached hydrogens (tertiary/aromatic N) is 3. The number of aryl methyl sites for hydroxylation is 1. The zero-order chi connectivity index (χ0) is 14.2. The smallest absolute Gasteiger partial charge is 0.248 e. The molecule has 0 aromatic carbocycles. The van der Waals surface area contributed by atoms with Gasteiger partial charge in [-0.05, 0) is 13.3 Å². The predicted molar refractivity (Wildman–Crippen MR) is 71.0 cm³/mol. The molecule has 0 amide bonds. The lowest BCUT2D eigenvalue weighted by Gasteiger charge is -2.36. The maximum atomic E-state index is 12.7. The summed E-state index contributed by atoms with van der Waals surface area (Å²) >= 11 is 0. The zero-order valence-electron chi connectivity index (χ0n) is 11.4. The normalized spacial score (nSPS) is 25.6. The summed E-state index contributed by atoms with van der Waals surface area (Å²) in [6.45, 7) is 4.56. The molecule has 0 bridgehead atoms. The van der Waals surface area contributed by atoms with E-state index in [0.717, 1.165) is 0 Å². The first-order valence-corrected chi connectivity index (χ1v) is 7.72. The van der Waals surface area contributed by atoms with Crippen molar-refractivity contribution in [2.45, 2.75) is 37.3 Å². The van der Waals surface area contributed by atoms with E-state index in [9.17, 15) is 8.42 Å². The van der Waals surface area contributed by atoms with E-state index in [1.165, 1.54) is 15.2 Å². The minimum Gasteiger partial charge on any atom is -0.381 e. The molecule has 7 nitrogen and oxygen atoms in total. The van der Waals surface area contributed by atoms with Gasteiger partial charge in [-0.3, -0.25) is 4.68 Å². The number of rotatable bonds is 3. The van der Waals surface area contributed by atoms with Crippen LogP contribution in [0.2, 0.25) is 0 Å². The van der Waals surface area contributed by atoms with Crippen LogP contribution < -0.4 is 5.73 Å². The Bertz CT molecular complexity index is 554. The van der Waals surface area contributed by atoms with Crippen LogP contribution in [-0.2, 0) is 21.8 Å². The van der Waals surface area contributed by atoms with Crippen LogP contribution in [0, 0.1) is 0 Å². The summed E-state index contributed by atoms with van der Waals surface area (Å²) in [6, 6.07) is -0.152. The summed E-state index contributed by atoms with van der Waals surface area (Å²) in [5, 5.41) is 3.90. The second-order valence-corrected chi connectivity index (χ2v) is 6.69. The van der Waals surface area contributed by atoms with Gasteiger partial charge in [0, 0.05) is 25.8 Å². The lowest BCUT2D eigenvalue weighted by molar-refractivity contribution is -0.0230. The van der Waals surface area contributed by atoms with Gasteiger partial charge in [-0.15, -0.1) is 0 Å². The molecule has 2 N–H and O–H groups in total. The first-order chi connectivity index (χ1) is 8.86. The highest BCUT2D eigenvalue weighted by atomic mass is 32.2. The number of ether oxygens (including phenoxy) is 1. The van der Waals surface area contributed by atoms with Crippen molar-refractivity contribution >= 4 is 15.8 Å². The quantitative estimate of drug-likeness (QED) is 0.857. The summed E-state index contributed by atoms with van der Waals surface area (Å²) in [6.07, 6.45) is 2.03. The van der Waals surface area contributed by atoms with Crippen molar-refractivity contribution in [2.75, 3.05) is 18.9 Å². The summed E-state index contributed by atoms with van der Waals surface area (Å²) in [5.41, 5.74) is 5.69. The molecular weight excluding hydrogens is 268 g/mol. The molecule has 0 saturated carbocycles. The molecule has 19 heavy (non-hydrogen) atoms. The van der Waals surface area contributed by atoms with Crippen LogP contribution in [0.15, 0.2) is 11.1 Å². The standard InChI is InChI=1S/C11H20N4O3S/c1-4-9-7-18-8(2)5-15(9)19(16,17)10-6-14(3)13-11(10)12/h6,8-9H,4-5,7H2,1-3H3,(H2,12,13). The highest BCUT2D eigenvalue weighted by molar-refractivity contribution is 7.89. The minimum absolute atomic E-state index is 0.0384. The second-order valence-electron chi connectivity index (χ2n) is 4.83. The highest BCUT2D eigenvalue weighted by Crippen LogP contribution is 2.26. The molecule has 1 fully saturated rings. The molecule has 1 saturated heterocycles. The third-order valence-corrected chi connectivity index (χ3v) is 5.23. The summed E-state index contributed by atoms with van der Waals surface area (Å²) < 4.78 is 33.8. The van der Waals surface area contributed by atoms with Crippen LogP contribution >= 0.6 is 0 Å². The maximum Gasteiger partial charge on any atom is 0.248 e. The van der Waals surface area contributed by atoms with Gasteiger partial charge in [0.15, 0.2) is 5.82 Å². The van der Waals surface area contributed by atoms with Gasteiger partial charge in [0.25, 0.3) is 0 Å². The van der Waals surface area contributed by atoms with Crippen LogP contribution in [-0.4, -0.2) is 47.8 Å². The van der Waals surface area contributed by atoms with Crippen LogP contribution in [0.5, 0.6) is 0 Å². The zero-order valence-corrected chi connectivity index (χ0v) is 12.2. The number of sulfonamides is 1. The molecule has 2 unspecified atom stereocenters. The van der Waals surface area contributed by atoms with Crippen LogP contribution in [0.4, 0.5) is 5.82 Å². The van der Waals surface area contributed by atoms with Gasteiger partial charge in [-0.1, -0.05) is 6.92 Å². The van der Waals surface area contributed by atoms with E-state index in [1.807, 2.05) is 13.8 Å². The van der Waals surface area contributed by atoms with Gasteiger partial charge in [0.05, 0.1) is 12.7 Å². The van der Waals surface area contributed by atoms with Gasteiger partial charge in [-0.2, -0.15) is 9.40 Å². The Morgan fingerprint density at radius 2 is 2.26 bits per heavy atom. The van der Waals surface area contributed by atoms with Gasteiger partial charge in [-0.25, -0.2) is 8.42 Å². The Labute approximate surface area is 113 Å². The van der Waals surface area contributed by atoms with E-state index in [2.05, 4.69) is 5.10 Å². The van der Waals surface area contributed by atoms with Crippen molar-refractivity contribution in [1.82, 2.24) is 14.1 Å². The van der Waals surface area contributed by atoms with E-state index >= 15 is 0 Å². The van der Waals surface area contributed by atoms with Crippen LogP contribution in [0.25, 0.3) is 0 Å².